The van der Waals surface area contributed by atoms with Crippen LogP contribution in [0.2, 0.25) is 0 Å². The van der Waals surface area contributed by atoms with Gasteiger partial charge in [-0.25, -0.2) is 4.98 Å². The summed E-state index contributed by atoms with van der Waals surface area (Å²) in [5.74, 6) is 1.19. The van der Waals surface area contributed by atoms with Gasteiger partial charge in [-0.3, -0.25) is 0 Å². The molecule has 0 aliphatic carbocycles. The van der Waals surface area contributed by atoms with Gasteiger partial charge in [0.2, 0.25) is 0 Å². The molecule has 0 aromatic carbocycles. The predicted octanol–water partition coefficient (Wildman–Crippen LogP) is 1.46. The molecule has 1 atom stereocenters. The van der Waals surface area contributed by atoms with Gasteiger partial charge in [0.25, 0.3) is 0 Å². The topological polar surface area (TPSA) is 61.3 Å². The van der Waals surface area contributed by atoms with Gasteiger partial charge in [0.1, 0.15) is 6.26 Å². The summed E-state index contributed by atoms with van der Waals surface area (Å²) >= 11 is 0. The van der Waals surface area contributed by atoms with Crippen LogP contribution in [-0.2, 0) is 11.2 Å². The molecule has 0 bridgehead atoms. The molecule has 1 unspecified atom stereocenters. The van der Waals surface area contributed by atoms with Crippen LogP contribution in [0.25, 0.3) is 0 Å². The molecule has 4 nitrogen and oxygen atoms in total. The van der Waals surface area contributed by atoms with Gasteiger partial charge in [0, 0.05) is 6.61 Å². The Bertz CT molecular complexity index is 293. The highest BCUT2D eigenvalue weighted by atomic mass is 16.5. The van der Waals surface area contributed by atoms with Gasteiger partial charge in [-0.2, -0.15) is 0 Å². The van der Waals surface area contributed by atoms with E-state index in [2.05, 4.69) is 4.98 Å². The van der Waals surface area contributed by atoms with E-state index >= 15 is 0 Å². The Morgan fingerprint density at radius 1 is 1.53 bits per heavy atom. The fourth-order valence-electron chi connectivity index (χ4n) is 1.84. The van der Waals surface area contributed by atoms with Crippen LogP contribution in [0.5, 0.6) is 0 Å². The smallest absolute Gasteiger partial charge is 0.199 e. The molecule has 0 amide bonds. The van der Waals surface area contributed by atoms with Crippen molar-refractivity contribution in [1.82, 2.24) is 4.98 Å². The fourth-order valence-corrected chi connectivity index (χ4v) is 1.84. The Morgan fingerprint density at radius 2 is 2.47 bits per heavy atom. The van der Waals surface area contributed by atoms with Crippen LogP contribution < -0.4 is 5.73 Å². The van der Waals surface area contributed by atoms with Crippen LogP contribution in [0, 0.1) is 0 Å². The van der Waals surface area contributed by atoms with Crippen molar-refractivity contribution in [3.8, 4) is 0 Å². The van der Waals surface area contributed by atoms with E-state index in [0.717, 1.165) is 50.5 Å². The zero-order valence-corrected chi connectivity index (χ0v) is 8.95. The molecule has 1 fully saturated rings. The minimum Gasteiger partial charge on any atom is -0.448 e. The lowest BCUT2D eigenvalue weighted by Crippen LogP contribution is -2.15. The lowest BCUT2D eigenvalue weighted by atomic mass is 10.0. The number of ether oxygens (including phenoxy) is 1. The van der Waals surface area contributed by atoms with E-state index in [0.29, 0.717) is 12.5 Å². The molecule has 1 aliphatic heterocycles. The molecular formula is C11H18N2O2. The second kappa shape index (κ2) is 5.28. The number of oxazole rings is 1. The Hall–Kier alpha value is -0.870. The zero-order chi connectivity index (χ0) is 10.5. The molecule has 4 heteroatoms. The first-order chi connectivity index (χ1) is 7.40. The number of nitrogens with two attached hydrogens (primary N) is 1. The molecular weight excluding hydrogens is 192 g/mol. The second-order valence-corrected chi connectivity index (χ2v) is 3.98. The minimum atomic E-state index is 0.352. The standard InChI is InChI=1S/C11H18N2O2/c12-5-1-4-10-8-15-11(13-10)9-3-2-6-14-7-9/h8-9H,1-7,12H2. The molecule has 1 aliphatic rings. The zero-order valence-electron chi connectivity index (χ0n) is 8.95. The molecule has 2 N–H and O–H groups in total. The average Bonchev–Trinajstić information content (AvgIpc) is 2.76. The molecule has 0 spiro atoms. The third-order valence-corrected chi connectivity index (χ3v) is 2.72. The Kier molecular flexibility index (Phi) is 3.75. The molecule has 0 saturated carbocycles. The van der Waals surface area contributed by atoms with Crippen molar-refractivity contribution in [1.29, 1.82) is 0 Å². The van der Waals surface area contributed by atoms with Crippen molar-refractivity contribution in [2.45, 2.75) is 31.6 Å². The third kappa shape index (κ3) is 2.79. The van der Waals surface area contributed by atoms with Gasteiger partial charge in [0.15, 0.2) is 5.89 Å². The van der Waals surface area contributed by atoms with E-state index in [-0.39, 0.29) is 0 Å². The van der Waals surface area contributed by atoms with Crippen LogP contribution in [0.4, 0.5) is 0 Å². The third-order valence-electron chi connectivity index (χ3n) is 2.72. The highest BCUT2D eigenvalue weighted by Gasteiger charge is 2.20. The van der Waals surface area contributed by atoms with Crippen LogP contribution in [0.1, 0.15) is 36.8 Å². The van der Waals surface area contributed by atoms with Gasteiger partial charge in [0.05, 0.1) is 18.2 Å². The summed E-state index contributed by atoms with van der Waals surface area (Å²) in [7, 11) is 0. The van der Waals surface area contributed by atoms with Crippen LogP contribution >= 0.6 is 0 Å². The number of aryl methyl sites for hydroxylation is 1. The molecule has 1 aromatic rings. The van der Waals surface area contributed by atoms with Gasteiger partial charge < -0.3 is 14.9 Å². The van der Waals surface area contributed by atoms with Gasteiger partial charge in [-0.05, 0) is 32.2 Å². The van der Waals surface area contributed by atoms with E-state index in [1.165, 1.54) is 0 Å². The first-order valence-corrected chi connectivity index (χ1v) is 5.62. The Labute approximate surface area is 89.8 Å². The summed E-state index contributed by atoms with van der Waals surface area (Å²) in [6, 6.07) is 0. The molecule has 1 aromatic heterocycles. The van der Waals surface area contributed by atoms with E-state index in [1.54, 1.807) is 6.26 Å². The largest absolute Gasteiger partial charge is 0.448 e. The maximum Gasteiger partial charge on any atom is 0.199 e. The number of rotatable bonds is 4. The van der Waals surface area contributed by atoms with Crippen molar-refractivity contribution in [3.63, 3.8) is 0 Å². The normalized spacial score (nSPS) is 21.8. The van der Waals surface area contributed by atoms with Gasteiger partial charge in [-0.15, -0.1) is 0 Å². The summed E-state index contributed by atoms with van der Waals surface area (Å²) in [6.45, 7) is 2.32. The van der Waals surface area contributed by atoms with Crippen molar-refractivity contribution in [2.24, 2.45) is 5.73 Å². The van der Waals surface area contributed by atoms with Crippen molar-refractivity contribution in [3.05, 3.63) is 17.8 Å². The summed E-state index contributed by atoms with van der Waals surface area (Å²) in [5.41, 5.74) is 6.46. The number of aromatic nitrogens is 1. The summed E-state index contributed by atoms with van der Waals surface area (Å²) in [6.07, 6.45) is 5.85. The van der Waals surface area contributed by atoms with Crippen molar-refractivity contribution in [2.75, 3.05) is 19.8 Å². The van der Waals surface area contributed by atoms with Gasteiger partial charge >= 0.3 is 0 Å². The number of hydrogen-bond donors (Lipinski definition) is 1. The Morgan fingerprint density at radius 3 is 3.20 bits per heavy atom. The first kappa shape index (κ1) is 10.6. The van der Waals surface area contributed by atoms with E-state index in [1.807, 2.05) is 0 Å². The maximum atomic E-state index is 5.47. The number of nitrogens with zero attached hydrogens (tertiary/aromatic N) is 1. The Balaban J connectivity index is 1.93. The van der Waals surface area contributed by atoms with Crippen LogP contribution in [0.15, 0.2) is 10.7 Å². The number of hydrogen-bond acceptors (Lipinski definition) is 4. The quantitative estimate of drug-likeness (QED) is 0.817. The second-order valence-electron chi connectivity index (χ2n) is 3.98. The molecule has 15 heavy (non-hydrogen) atoms. The molecule has 2 rings (SSSR count). The SMILES string of the molecule is NCCCc1coc(C2CCCOC2)n1. The molecule has 84 valence electrons. The van der Waals surface area contributed by atoms with E-state index in [9.17, 15) is 0 Å². The van der Waals surface area contributed by atoms with Crippen molar-refractivity contribution >= 4 is 0 Å². The fraction of sp³-hybridized carbons (Fsp3) is 0.727. The van der Waals surface area contributed by atoms with E-state index < -0.39 is 0 Å². The monoisotopic (exact) mass is 210 g/mol. The average molecular weight is 210 g/mol. The first-order valence-electron chi connectivity index (χ1n) is 5.62. The highest BCUT2D eigenvalue weighted by molar-refractivity contribution is 5.01. The predicted molar refractivity (Wildman–Crippen MR) is 56.7 cm³/mol. The maximum absolute atomic E-state index is 5.47. The molecule has 2 heterocycles. The summed E-state index contributed by atoms with van der Waals surface area (Å²) in [5, 5.41) is 0. The molecule has 0 radical (unpaired) electrons. The summed E-state index contributed by atoms with van der Waals surface area (Å²) < 4.78 is 10.9. The van der Waals surface area contributed by atoms with Crippen LogP contribution in [-0.4, -0.2) is 24.7 Å². The van der Waals surface area contributed by atoms with E-state index in [4.69, 9.17) is 14.9 Å². The summed E-state index contributed by atoms with van der Waals surface area (Å²) in [4.78, 5) is 4.47. The lowest BCUT2D eigenvalue weighted by molar-refractivity contribution is 0.0725. The van der Waals surface area contributed by atoms with Gasteiger partial charge in [-0.1, -0.05) is 0 Å². The molecule has 1 saturated heterocycles. The van der Waals surface area contributed by atoms with Crippen molar-refractivity contribution < 1.29 is 9.15 Å². The highest BCUT2D eigenvalue weighted by Crippen LogP contribution is 2.24. The lowest BCUT2D eigenvalue weighted by Gasteiger charge is -2.18. The minimum absolute atomic E-state index is 0.352. The van der Waals surface area contributed by atoms with Crippen LogP contribution in [0.3, 0.4) is 0 Å².